The normalized spacial score (nSPS) is 15.4. The molecule has 2 amide bonds. The predicted molar refractivity (Wildman–Crippen MR) is 114 cm³/mol. The Balaban J connectivity index is 1.72. The van der Waals surface area contributed by atoms with E-state index >= 15 is 0 Å². The van der Waals surface area contributed by atoms with Crippen molar-refractivity contribution in [1.82, 2.24) is 4.90 Å². The van der Waals surface area contributed by atoms with Gasteiger partial charge in [-0.05, 0) is 54.8 Å². The van der Waals surface area contributed by atoms with Gasteiger partial charge < -0.3 is 15.4 Å². The molecule has 0 bridgehead atoms. The lowest BCUT2D eigenvalue weighted by molar-refractivity contribution is -0.137. The largest absolute Gasteiger partial charge is 0.448 e. The van der Waals surface area contributed by atoms with Crippen molar-refractivity contribution < 1.29 is 27.5 Å². The number of nitrogens with one attached hydrogen (secondary N) is 1. The molecule has 2 aromatic carbocycles. The van der Waals surface area contributed by atoms with Gasteiger partial charge in [0.2, 0.25) is 5.91 Å². The van der Waals surface area contributed by atoms with Crippen LogP contribution in [0.4, 0.5) is 23.7 Å². The summed E-state index contributed by atoms with van der Waals surface area (Å²) in [6.45, 7) is 0.704. The van der Waals surface area contributed by atoms with Crippen LogP contribution in [0, 0.1) is 11.3 Å². The third kappa shape index (κ3) is 5.81. The summed E-state index contributed by atoms with van der Waals surface area (Å²) < 4.78 is 43.6. The molecule has 2 aromatic rings. The van der Waals surface area contributed by atoms with E-state index in [1.54, 1.807) is 23.1 Å². The van der Waals surface area contributed by atoms with Crippen molar-refractivity contribution in [3.8, 4) is 6.07 Å². The molecule has 33 heavy (non-hydrogen) atoms. The van der Waals surface area contributed by atoms with E-state index in [9.17, 15) is 28.0 Å². The lowest BCUT2D eigenvalue weighted by Crippen LogP contribution is -2.49. The third-order valence-corrected chi connectivity index (χ3v) is 5.79. The molecule has 1 aliphatic rings. The number of amides is 2. The number of halogens is 3. The zero-order valence-electron chi connectivity index (χ0n) is 17.7. The number of carbonyl (C=O) groups excluding carboxylic acids is 2. The Bertz CT molecular complexity index is 1040. The van der Waals surface area contributed by atoms with Gasteiger partial charge in [-0.25, -0.2) is 4.79 Å². The van der Waals surface area contributed by atoms with E-state index in [-0.39, 0.29) is 24.7 Å². The molecule has 1 fully saturated rings. The van der Waals surface area contributed by atoms with Crippen LogP contribution in [0.25, 0.3) is 0 Å². The Morgan fingerprint density at radius 1 is 1.15 bits per heavy atom. The number of piperidine rings is 1. The quantitative estimate of drug-likeness (QED) is 0.708. The van der Waals surface area contributed by atoms with Crippen LogP contribution in [0.3, 0.4) is 0 Å². The van der Waals surface area contributed by atoms with E-state index in [4.69, 9.17) is 10.5 Å². The molecule has 1 aliphatic heterocycles. The Kier molecular flexibility index (Phi) is 7.23. The second kappa shape index (κ2) is 9.92. The molecule has 0 aliphatic carbocycles. The number of rotatable bonds is 5. The van der Waals surface area contributed by atoms with E-state index in [2.05, 4.69) is 11.4 Å². The number of hydrogen-bond donors (Lipinski definition) is 2. The highest BCUT2D eigenvalue weighted by Crippen LogP contribution is 2.37. The maximum absolute atomic E-state index is 12.7. The molecule has 0 aromatic heterocycles. The molecule has 1 saturated heterocycles. The SMILES string of the molecule is N#Cc1cccc(C2(COC(=O)Nc3ccc(C(F)(F)F)cc3)CCN(C(=O)CN)CC2)c1. The monoisotopic (exact) mass is 460 g/mol. The highest BCUT2D eigenvalue weighted by molar-refractivity contribution is 5.84. The third-order valence-electron chi connectivity index (χ3n) is 5.79. The smallest absolute Gasteiger partial charge is 0.416 e. The van der Waals surface area contributed by atoms with Gasteiger partial charge in [0.25, 0.3) is 0 Å². The summed E-state index contributed by atoms with van der Waals surface area (Å²) in [5.74, 6) is -0.171. The Morgan fingerprint density at radius 3 is 2.39 bits per heavy atom. The molecule has 0 radical (unpaired) electrons. The predicted octanol–water partition coefficient (Wildman–Crippen LogP) is 3.64. The van der Waals surface area contributed by atoms with Gasteiger partial charge in [-0.3, -0.25) is 10.1 Å². The van der Waals surface area contributed by atoms with E-state index < -0.39 is 23.2 Å². The Morgan fingerprint density at radius 2 is 1.82 bits per heavy atom. The van der Waals surface area contributed by atoms with Crippen molar-refractivity contribution in [3.63, 3.8) is 0 Å². The van der Waals surface area contributed by atoms with Crippen LogP contribution in [0.15, 0.2) is 48.5 Å². The van der Waals surface area contributed by atoms with E-state index in [0.717, 1.165) is 29.8 Å². The molecule has 1 heterocycles. The molecule has 0 unspecified atom stereocenters. The minimum Gasteiger partial charge on any atom is -0.448 e. The molecule has 3 rings (SSSR count). The maximum Gasteiger partial charge on any atom is 0.416 e. The van der Waals surface area contributed by atoms with Crippen LogP contribution in [0.2, 0.25) is 0 Å². The first-order valence-electron chi connectivity index (χ1n) is 10.3. The zero-order valence-corrected chi connectivity index (χ0v) is 17.7. The fraction of sp³-hybridized carbons (Fsp3) is 0.348. The Hall–Kier alpha value is -3.58. The molecule has 0 atom stereocenters. The van der Waals surface area contributed by atoms with Gasteiger partial charge >= 0.3 is 12.3 Å². The number of carbonyl (C=O) groups is 2. The van der Waals surface area contributed by atoms with E-state index in [0.29, 0.717) is 31.5 Å². The van der Waals surface area contributed by atoms with Crippen LogP contribution in [-0.2, 0) is 21.1 Å². The number of ether oxygens (including phenoxy) is 1. The molecule has 10 heteroatoms. The summed E-state index contributed by atoms with van der Waals surface area (Å²) in [5.41, 5.74) is 5.44. The standard InChI is InChI=1S/C23H23F3N4O3/c24-23(25,26)17-4-6-19(7-5-17)29-21(32)33-15-22(18-3-1-2-16(12-18)13-27)8-10-30(11-9-22)20(31)14-28/h1-7,12H,8-11,14-15,28H2,(H,29,32). The first-order valence-corrected chi connectivity index (χ1v) is 10.3. The number of hydrogen-bond acceptors (Lipinski definition) is 5. The first kappa shape index (κ1) is 24.1. The van der Waals surface area contributed by atoms with Crippen molar-refractivity contribution >= 4 is 17.7 Å². The summed E-state index contributed by atoms with van der Waals surface area (Å²) in [5, 5.41) is 11.7. The fourth-order valence-corrected chi connectivity index (χ4v) is 3.85. The minimum atomic E-state index is -4.47. The van der Waals surface area contributed by atoms with Crippen LogP contribution in [0.5, 0.6) is 0 Å². The maximum atomic E-state index is 12.7. The molecule has 0 saturated carbocycles. The number of alkyl halides is 3. The summed E-state index contributed by atoms with van der Waals surface area (Å²) in [4.78, 5) is 26.0. The highest BCUT2D eigenvalue weighted by atomic mass is 19.4. The molecular formula is C23H23F3N4O3. The van der Waals surface area contributed by atoms with Gasteiger partial charge in [0.15, 0.2) is 0 Å². The van der Waals surface area contributed by atoms with Gasteiger partial charge in [0.05, 0.1) is 23.7 Å². The number of benzene rings is 2. The van der Waals surface area contributed by atoms with Crippen molar-refractivity contribution in [1.29, 1.82) is 5.26 Å². The molecule has 0 spiro atoms. The van der Waals surface area contributed by atoms with Gasteiger partial charge in [-0.1, -0.05) is 12.1 Å². The summed E-state index contributed by atoms with van der Waals surface area (Å²) in [6.07, 6.45) is -4.31. The first-order chi connectivity index (χ1) is 15.7. The molecular weight excluding hydrogens is 437 g/mol. The number of nitriles is 1. The average Bonchev–Trinajstić information content (AvgIpc) is 2.82. The minimum absolute atomic E-state index is 0.0288. The van der Waals surface area contributed by atoms with Gasteiger partial charge in [-0.15, -0.1) is 0 Å². The van der Waals surface area contributed by atoms with Gasteiger partial charge in [0, 0.05) is 24.2 Å². The second-order valence-electron chi connectivity index (χ2n) is 7.83. The average molecular weight is 460 g/mol. The summed E-state index contributed by atoms with van der Waals surface area (Å²) in [7, 11) is 0. The Labute approximate surface area is 188 Å². The number of anilines is 1. The molecule has 3 N–H and O–H groups in total. The van der Waals surface area contributed by atoms with E-state index in [1.165, 1.54) is 0 Å². The van der Waals surface area contributed by atoms with Crippen LogP contribution < -0.4 is 11.1 Å². The fourth-order valence-electron chi connectivity index (χ4n) is 3.85. The van der Waals surface area contributed by atoms with Crippen molar-refractivity contribution in [2.24, 2.45) is 5.73 Å². The topological polar surface area (TPSA) is 108 Å². The second-order valence-corrected chi connectivity index (χ2v) is 7.83. The molecule has 7 nitrogen and oxygen atoms in total. The van der Waals surface area contributed by atoms with Crippen LogP contribution in [-0.4, -0.2) is 43.1 Å². The summed E-state index contributed by atoms with van der Waals surface area (Å²) in [6, 6.07) is 13.1. The van der Waals surface area contributed by atoms with Crippen molar-refractivity contribution in [2.75, 3.05) is 31.6 Å². The van der Waals surface area contributed by atoms with Crippen LogP contribution >= 0.6 is 0 Å². The van der Waals surface area contributed by atoms with Gasteiger partial charge in [-0.2, -0.15) is 18.4 Å². The van der Waals surface area contributed by atoms with Gasteiger partial charge in [0.1, 0.15) is 6.61 Å². The zero-order chi connectivity index (χ0) is 24.1. The highest BCUT2D eigenvalue weighted by Gasteiger charge is 2.39. The lowest BCUT2D eigenvalue weighted by Gasteiger charge is -2.41. The number of nitrogens with zero attached hydrogens (tertiary/aromatic N) is 2. The number of nitrogens with two attached hydrogens (primary N) is 1. The van der Waals surface area contributed by atoms with Crippen molar-refractivity contribution in [2.45, 2.75) is 24.4 Å². The lowest BCUT2D eigenvalue weighted by atomic mass is 9.73. The van der Waals surface area contributed by atoms with Crippen molar-refractivity contribution in [3.05, 3.63) is 65.2 Å². The van der Waals surface area contributed by atoms with Crippen LogP contribution in [0.1, 0.15) is 29.5 Å². The summed E-state index contributed by atoms with van der Waals surface area (Å²) >= 11 is 0. The van der Waals surface area contributed by atoms with E-state index in [1.807, 2.05) is 6.07 Å². The molecule has 174 valence electrons. The number of likely N-dealkylation sites (tertiary alicyclic amines) is 1.